The molecule has 9 heteroatoms. The zero-order chi connectivity index (χ0) is 15.0. The monoisotopic (exact) mass is 282 g/mol. The molecule has 0 bridgehead atoms. The smallest absolute Gasteiger partial charge is 0.269 e. The minimum atomic E-state index is -1.32. The van der Waals surface area contributed by atoms with Gasteiger partial charge in [-0.25, -0.2) is 4.68 Å². The topological polar surface area (TPSA) is 165 Å². The number of hydrogen-bond donors (Lipinski definition) is 5. The molecule has 20 heavy (non-hydrogen) atoms. The lowest BCUT2D eigenvalue weighted by atomic mass is 10.1. The van der Waals surface area contributed by atoms with Crippen LogP contribution in [0.5, 0.6) is 0 Å². The summed E-state index contributed by atoms with van der Waals surface area (Å²) in [5.74, 6) is -1.72. The highest BCUT2D eigenvalue weighted by Crippen LogP contribution is 2.30. The van der Waals surface area contributed by atoms with E-state index in [4.69, 9.17) is 16.6 Å². The van der Waals surface area contributed by atoms with Gasteiger partial charge in [0.2, 0.25) is 0 Å². The number of carbonyl (C=O) groups excluding carboxylic acids is 2. The van der Waals surface area contributed by atoms with E-state index < -0.39 is 36.7 Å². The number of carbonyl (C=O) groups is 2. The number of amides is 2. The molecule has 0 aromatic carbocycles. The van der Waals surface area contributed by atoms with E-state index in [-0.39, 0.29) is 17.0 Å². The summed E-state index contributed by atoms with van der Waals surface area (Å²) >= 11 is 0. The van der Waals surface area contributed by atoms with Crippen LogP contribution < -0.4 is 11.5 Å². The lowest BCUT2D eigenvalue weighted by molar-refractivity contribution is 0.0250. The van der Waals surface area contributed by atoms with Crippen LogP contribution in [0.2, 0.25) is 0 Å². The molecule has 0 saturated heterocycles. The summed E-state index contributed by atoms with van der Waals surface area (Å²) in [6.45, 7) is -0.454. The van der Waals surface area contributed by atoms with Gasteiger partial charge < -0.3 is 26.8 Å². The highest BCUT2D eigenvalue weighted by Gasteiger charge is 2.37. The van der Waals surface area contributed by atoms with Gasteiger partial charge in [0.05, 0.1) is 6.61 Å². The molecule has 1 heterocycles. The normalized spacial score (nSPS) is 25.6. The molecule has 1 aliphatic rings. The highest BCUT2D eigenvalue weighted by molar-refractivity contribution is 5.96. The van der Waals surface area contributed by atoms with Gasteiger partial charge in [0.25, 0.3) is 11.8 Å². The molecule has 0 unspecified atom stereocenters. The van der Waals surface area contributed by atoms with Crippen molar-refractivity contribution in [2.75, 3.05) is 6.61 Å². The minimum Gasteiger partial charge on any atom is -0.392 e. The molecule has 108 valence electrons. The Morgan fingerprint density at radius 3 is 2.40 bits per heavy atom. The Labute approximate surface area is 113 Å². The largest absolute Gasteiger partial charge is 0.392 e. The number of nitrogens with two attached hydrogens (primary N) is 2. The predicted octanol–water partition coefficient (Wildman–Crippen LogP) is -2.72. The third-order valence-electron chi connectivity index (χ3n) is 3.14. The highest BCUT2D eigenvalue weighted by atomic mass is 16.3. The molecular weight excluding hydrogens is 268 g/mol. The number of hydrogen-bond acceptors (Lipinski definition) is 6. The van der Waals surface area contributed by atoms with Crippen LogP contribution in [-0.4, -0.2) is 55.7 Å². The Hall–Kier alpha value is -2.23. The van der Waals surface area contributed by atoms with Crippen molar-refractivity contribution in [2.24, 2.45) is 11.5 Å². The fourth-order valence-corrected chi connectivity index (χ4v) is 2.11. The first-order chi connectivity index (χ1) is 9.36. The molecule has 0 aliphatic heterocycles. The SMILES string of the molecule is NC(=O)c1cc(C(N)=O)n([C@@H]2C=C(CO)[C@@H](O)[C@H]2O)n1. The quantitative estimate of drug-likeness (QED) is 0.376. The van der Waals surface area contributed by atoms with Crippen molar-refractivity contribution >= 4 is 11.8 Å². The van der Waals surface area contributed by atoms with E-state index in [9.17, 15) is 19.8 Å². The second kappa shape index (κ2) is 5.04. The van der Waals surface area contributed by atoms with Crippen molar-refractivity contribution in [2.45, 2.75) is 18.2 Å². The molecule has 0 radical (unpaired) electrons. The molecular formula is C11H14N4O5. The van der Waals surface area contributed by atoms with Crippen LogP contribution in [0, 0.1) is 0 Å². The average Bonchev–Trinajstić information content (AvgIpc) is 2.93. The summed E-state index contributed by atoms with van der Waals surface area (Å²) in [4.78, 5) is 22.4. The Morgan fingerprint density at radius 2 is 1.95 bits per heavy atom. The fourth-order valence-electron chi connectivity index (χ4n) is 2.11. The van der Waals surface area contributed by atoms with Crippen LogP contribution in [0.3, 0.4) is 0 Å². The molecule has 0 saturated carbocycles. The third-order valence-corrected chi connectivity index (χ3v) is 3.14. The Balaban J connectivity index is 2.49. The van der Waals surface area contributed by atoms with Gasteiger partial charge in [0.15, 0.2) is 5.69 Å². The average molecular weight is 282 g/mol. The van der Waals surface area contributed by atoms with Gasteiger partial charge in [-0.05, 0) is 5.57 Å². The molecule has 7 N–H and O–H groups in total. The molecule has 0 fully saturated rings. The number of aliphatic hydroxyl groups is 3. The first kappa shape index (κ1) is 14.2. The zero-order valence-electron chi connectivity index (χ0n) is 10.3. The number of primary amides is 2. The van der Waals surface area contributed by atoms with E-state index in [2.05, 4.69) is 5.10 Å². The number of nitrogens with zero attached hydrogens (tertiary/aromatic N) is 2. The molecule has 9 nitrogen and oxygen atoms in total. The van der Waals surface area contributed by atoms with E-state index in [1.54, 1.807) is 0 Å². The molecule has 1 aromatic rings. The first-order valence-electron chi connectivity index (χ1n) is 5.73. The van der Waals surface area contributed by atoms with Crippen LogP contribution in [0.4, 0.5) is 0 Å². The first-order valence-corrected chi connectivity index (χ1v) is 5.73. The van der Waals surface area contributed by atoms with Crippen LogP contribution in [0.25, 0.3) is 0 Å². The summed E-state index contributed by atoms with van der Waals surface area (Å²) in [6.07, 6.45) is -1.25. The van der Waals surface area contributed by atoms with Gasteiger partial charge in [-0.3, -0.25) is 9.59 Å². The maximum atomic E-state index is 11.3. The van der Waals surface area contributed by atoms with Gasteiger partial charge in [-0.1, -0.05) is 6.08 Å². The van der Waals surface area contributed by atoms with Crippen LogP contribution in [0.1, 0.15) is 27.0 Å². The standard InChI is InChI=1S/C11H14N4O5/c12-10(19)5-2-7(11(13)20)15(14-5)6-1-4(3-16)8(17)9(6)18/h1-2,6,8-9,16-18H,3H2,(H2,12,19)(H2,13,20)/t6-,8-,9+/m1/s1. The summed E-state index contributed by atoms with van der Waals surface area (Å²) in [5.41, 5.74) is 10.1. The zero-order valence-corrected chi connectivity index (χ0v) is 10.3. The van der Waals surface area contributed by atoms with Crippen molar-refractivity contribution in [1.29, 1.82) is 0 Å². The van der Waals surface area contributed by atoms with Gasteiger partial charge >= 0.3 is 0 Å². The van der Waals surface area contributed by atoms with Gasteiger partial charge in [-0.15, -0.1) is 0 Å². The van der Waals surface area contributed by atoms with E-state index in [0.29, 0.717) is 0 Å². The maximum absolute atomic E-state index is 11.3. The van der Waals surface area contributed by atoms with Crippen LogP contribution in [-0.2, 0) is 0 Å². The number of rotatable bonds is 4. The molecule has 0 spiro atoms. The lowest BCUT2D eigenvalue weighted by Gasteiger charge is -2.18. The summed E-state index contributed by atoms with van der Waals surface area (Å²) in [7, 11) is 0. The van der Waals surface area contributed by atoms with Crippen molar-refractivity contribution in [1.82, 2.24) is 9.78 Å². The Morgan fingerprint density at radius 1 is 1.30 bits per heavy atom. The third kappa shape index (κ3) is 2.18. The summed E-state index contributed by atoms with van der Waals surface area (Å²) < 4.78 is 1.01. The van der Waals surface area contributed by atoms with Crippen molar-refractivity contribution in [3.05, 3.63) is 29.1 Å². The Kier molecular flexibility index (Phi) is 3.57. The molecule has 2 rings (SSSR count). The molecule has 3 atom stereocenters. The van der Waals surface area contributed by atoms with Gasteiger partial charge in [0.1, 0.15) is 23.9 Å². The van der Waals surface area contributed by atoms with Crippen LogP contribution in [0.15, 0.2) is 17.7 Å². The van der Waals surface area contributed by atoms with E-state index in [0.717, 1.165) is 10.7 Å². The molecule has 1 aliphatic carbocycles. The summed E-state index contributed by atoms with van der Waals surface area (Å²) in [5, 5.41) is 32.5. The fraction of sp³-hybridized carbons (Fsp3) is 0.364. The van der Waals surface area contributed by atoms with E-state index in [1.807, 2.05) is 0 Å². The maximum Gasteiger partial charge on any atom is 0.269 e. The number of aromatic nitrogens is 2. The molecule has 1 aromatic heterocycles. The summed E-state index contributed by atoms with van der Waals surface area (Å²) in [6, 6.07) is 0.178. The predicted molar refractivity (Wildman–Crippen MR) is 65.5 cm³/mol. The van der Waals surface area contributed by atoms with Crippen molar-refractivity contribution < 1.29 is 24.9 Å². The van der Waals surface area contributed by atoms with E-state index >= 15 is 0 Å². The number of aliphatic hydroxyl groups excluding tert-OH is 3. The minimum absolute atomic E-state index is 0.134. The second-order valence-electron chi connectivity index (χ2n) is 4.41. The van der Waals surface area contributed by atoms with Gasteiger partial charge in [-0.2, -0.15) is 5.10 Å². The van der Waals surface area contributed by atoms with Crippen molar-refractivity contribution in [3.63, 3.8) is 0 Å². The van der Waals surface area contributed by atoms with Crippen molar-refractivity contribution in [3.8, 4) is 0 Å². The second-order valence-corrected chi connectivity index (χ2v) is 4.41. The molecule has 2 amide bonds. The van der Waals surface area contributed by atoms with E-state index in [1.165, 1.54) is 6.08 Å². The van der Waals surface area contributed by atoms with Crippen LogP contribution >= 0.6 is 0 Å². The Bertz CT molecular complexity index is 594. The van der Waals surface area contributed by atoms with Gasteiger partial charge in [0, 0.05) is 6.07 Å². The lowest BCUT2D eigenvalue weighted by Crippen LogP contribution is -2.32.